The summed E-state index contributed by atoms with van der Waals surface area (Å²) in [7, 11) is 0. The van der Waals surface area contributed by atoms with Crippen LogP contribution in [0.5, 0.6) is 0 Å². The van der Waals surface area contributed by atoms with E-state index in [2.05, 4.69) is 16.9 Å². The van der Waals surface area contributed by atoms with Crippen LogP contribution in [0.1, 0.15) is 56.4 Å². The lowest BCUT2D eigenvalue weighted by atomic mass is 10.0. The van der Waals surface area contributed by atoms with E-state index in [0.29, 0.717) is 11.0 Å². The lowest BCUT2D eigenvalue weighted by Crippen LogP contribution is -2.28. The molecule has 1 heterocycles. The van der Waals surface area contributed by atoms with Crippen molar-refractivity contribution in [3.8, 4) is 0 Å². The summed E-state index contributed by atoms with van der Waals surface area (Å²) in [6.07, 6.45) is 7.00. The van der Waals surface area contributed by atoms with Crippen molar-refractivity contribution >= 4 is 22.6 Å². The average Bonchev–Trinajstić information content (AvgIpc) is 2.47. The lowest BCUT2D eigenvalue weighted by Gasteiger charge is -2.10. The maximum Gasteiger partial charge on any atom is 0.314 e. The van der Waals surface area contributed by atoms with Gasteiger partial charge >= 0.3 is 11.1 Å². The minimum absolute atomic E-state index is 0.0635. The van der Waals surface area contributed by atoms with Gasteiger partial charge in [-0.1, -0.05) is 45.1 Å². The minimum Gasteiger partial charge on any atom is -0.316 e. The van der Waals surface area contributed by atoms with E-state index in [4.69, 9.17) is 11.6 Å². The van der Waals surface area contributed by atoms with Gasteiger partial charge in [-0.3, -0.25) is 9.59 Å². The fourth-order valence-corrected chi connectivity index (χ4v) is 2.71. The standard InChI is InChI=1S/C16H21ClN2O2/c1-2-3-4-5-6-7-12(17)11-8-9-13-14(10-11)19-16(21)15(20)18-13/h8-10,12H,2-7H2,1H3,(H,18,20)(H,19,21). The van der Waals surface area contributed by atoms with E-state index in [-0.39, 0.29) is 5.38 Å². The highest BCUT2D eigenvalue weighted by molar-refractivity contribution is 6.20. The molecule has 114 valence electrons. The Balaban J connectivity index is 2.06. The molecule has 0 spiro atoms. The number of fused-ring (bicyclic) bond motifs is 1. The second kappa shape index (κ2) is 7.46. The number of alkyl halides is 1. The number of aromatic nitrogens is 2. The Morgan fingerprint density at radius 2 is 1.67 bits per heavy atom. The minimum atomic E-state index is -0.634. The molecule has 0 saturated carbocycles. The molecule has 21 heavy (non-hydrogen) atoms. The Morgan fingerprint density at radius 1 is 1.00 bits per heavy atom. The topological polar surface area (TPSA) is 65.7 Å². The monoisotopic (exact) mass is 308 g/mol. The highest BCUT2D eigenvalue weighted by Crippen LogP contribution is 2.28. The summed E-state index contributed by atoms with van der Waals surface area (Å²) in [4.78, 5) is 27.7. The number of rotatable bonds is 7. The van der Waals surface area contributed by atoms with Crippen LogP contribution in [0.2, 0.25) is 0 Å². The normalized spacial score (nSPS) is 12.7. The van der Waals surface area contributed by atoms with Crippen LogP contribution in [0, 0.1) is 0 Å². The van der Waals surface area contributed by atoms with E-state index in [0.717, 1.165) is 18.4 Å². The molecular formula is C16H21ClN2O2. The molecule has 0 fully saturated rings. The Morgan fingerprint density at radius 3 is 2.38 bits per heavy atom. The molecule has 2 rings (SSSR count). The molecule has 0 radical (unpaired) electrons. The van der Waals surface area contributed by atoms with Crippen molar-refractivity contribution in [2.24, 2.45) is 0 Å². The third kappa shape index (κ3) is 4.21. The summed E-state index contributed by atoms with van der Waals surface area (Å²) in [6, 6.07) is 5.53. The third-order valence-electron chi connectivity index (χ3n) is 3.67. The molecule has 0 aliphatic carbocycles. The number of halogens is 1. The smallest absolute Gasteiger partial charge is 0.314 e. The van der Waals surface area contributed by atoms with Gasteiger partial charge in [-0.05, 0) is 24.1 Å². The highest BCUT2D eigenvalue weighted by Gasteiger charge is 2.09. The van der Waals surface area contributed by atoms with Gasteiger partial charge in [0, 0.05) is 0 Å². The molecule has 0 aliphatic heterocycles. The van der Waals surface area contributed by atoms with Crippen LogP contribution >= 0.6 is 11.6 Å². The zero-order valence-corrected chi connectivity index (χ0v) is 13.0. The van der Waals surface area contributed by atoms with E-state index in [1.807, 2.05) is 12.1 Å². The van der Waals surface area contributed by atoms with Gasteiger partial charge in [-0.25, -0.2) is 0 Å². The van der Waals surface area contributed by atoms with Crippen molar-refractivity contribution in [2.45, 2.75) is 50.8 Å². The van der Waals surface area contributed by atoms with Crippen LogP contribution < -0.4 is 11.1 Å². The number of nitrogens with one attached hydrogen (secondary N) is 2. The largest absolute Gasteiger partial charge is 0.316 e. The second-order valence-corrected chi connectivity index (χ2v) is 5.91. The summed E-state index contributed by atoms with van der Waals surface area (Å²) in [5.74, 6) is 0. The molecule has 1 aromatic carbocycles. The predicted octanol–water partition coefficient (Wildman–Crippen LogP) is 3.86. The molecular weight excluding hydrogens is 288 g/mol. The van der Waals surface area contributed by atoms with Crippen molar-refractivity contribution in [1.29, 1.82) is 0 Å². The van der Waals surface area contributed by atoms with E-state index in [1.165, 1.54) is 25.7 Å². The third-order valence-corrected chi connectivity index (χ3v) is 4.14. The number of H-pyrrole nitrogens is 2. The van der Waals surface area contributed by atoms with Crippen LogP contribution in [0.4, 0.5) is 0 Å². The molecule has 1 unspecified atom stereocenters. The van der Waals surface area contributed by atoms with Gasteiger partial charge in [-0.2, -0.15) is 0 Å². The molecule has 0 aliphatic rings. The van der Waals surface area contributed by atoms with E-state index in [1.54, 1.807) is 6.07 Å². The first-order valence-corrected chi connectivity index (χ1v) is 7.95. The Hall–Kier alpha value is -1.55. The van der Waals surface area contributed by atoms with Gasteiger partial charge in [-0.15, -0.1) is 11.6 Å². The van der Waals surface area contributed by atoms with E-state index >= 15 is 0 Å². The zero-order valence-electron chi connectivity index (χ0n) is 12.2. The SMILES string of the molecule is CCCCCCCC(Cl)c1ccc2[nH]c(=O)c(=O)[nH]c2c1. The van der Waals surface area contributed by atoms with Crippen molar-refractivity contribution in [2.75, 3.05) is 0 Å². The van der Waals surface area contributed by atoms with Crippen molar-refractivity contribution < 1.29 is 0 Å². The van der Waals surface area contributed by atoms with Crippen LogP contribution in [-0.4, -0.2) is 9.97 Å². The van der Waals surface area contributed by atoms with Crippen molar-refractivity contribution in [3.05, 3.63) is 44.5 Å². The first-order valence-electron chi connectivity index (χ1n) is 7.52. The number of hydrogen-bond donors (Lipinski definition) is 2. The Bertz CT molecular complexity index is 705. The first kappa shape index (κ1) is 15.8. The second-order valence-electron chi connectivity index (χ2n) is 5.38. The predicted molar refractivity (Wildman–Crippen MR) is 87.2 cm³/mol. The lowest BCUT2D eigenvalue weighted by molar-refractivity contribution is 0.601. The molecule has 2 aromatic rings. The first-order chi connectivity index (χ1) is 10.1. The van der Waals surface area contributed by atoms with Gasteiger partial charge in [0.25, 0.3) is 0 Å². The molecule has 2 N–H and O–H groups in total. The zero-order chi connectivity index (χ0) is 15.2. The maximum atomic E-state index is 11.4. The summed E-state index contributed by atoms with van der Waals surface area (Å²) in [5.41, 5.74) is 0.949. The molecule has 0 bridgehead atoms. The fraction of sp³-hybridized carbons (Fsp3) is 0.500. The Labute approximate surface area is 128 Å². The number of unbranched alkanes of at least 4 members (excludes halogenated alkanes) is 4. The van der Waals surface area contributed by atoms with Gasteiger partial charge in [0.1, 0.15) is 0 Å². The van der Waals surface area contributed by atoms with Crippen molar-refractivity contribution in [1.82, 2.24) is 9.97 Å². The fourth-order valence-electron chi connectivity index (χ4n) is 2.42. The van der Waals surface area contributed by atoms with Gasteiger partial charge in [0.05, 0.1) is 16.4 Å². The van der Waals surface area contributed by atoms with Crippen molar-refractivity contribution in [3.63, 3.8) is 0 Å². The molecule has 1 atom stereocenters. The number of benzene rings is 1. The molecule has 0 amide bonds. The van der Waals surface area contributed by atoms with Gasteiger partial charge in [0.15, 0.2) is 0 Å². The Kier molecular flexibility index (Phi) is 5.62. The number of hydrogen-bond acceptors (Lipinski definition) is 2. The average molecular weight is 309 g/mol. The maximum absolute atomic E-state index is 11.4. The summed E-state index contributed by atoms with van der Waals surface area (Å²) in [5, 5.41) is -0.0635. The van der Waals surface area contributed by atoms with Crippen LogP contribution in [0.3, 0.4) is 0 Å². The van der Waals surface area contributed by atoms with Gasteiger partial charge < -0.3 is 9.97 Å². The molecule has 4 nitrogen and oxygen atoms in total. The molecule has 1 aromatic heterocycles. The quantitative estimate of drug-likeness (QED) is 0.463. The van der Waals surface area contributed by atoms with Crippen LogP contribution in [0.25, 0.3) is 11.0 Å². The highest BCUT2D eigenvalue weighted by atomic mass is 35.5. The van der Waals surface area contributed by atoms with E-state index < -0.39 is 11.1 Å². The summed E-state index contributed by atoms with van der Waals surface area (Å²) in [6.45, 7) is 2.20. The molecule has 0 saturated heterocycles. The number of aromatic amines is 2. The summed E-state index contributed by atoms with van der Waals surface area (Å²) >= 11 is 6.43. The van der Waals surface area contributed by atoms with Crippen LogP contribution in [-0.2, 0) is 0 Å². The van der Waals surface area contributed by atoms with E-state index in [9.17, 15) is 9.59 Å². The summed E-state index contributed by atoms with van der Waals surface area (Å²) < 4.78 is 0. The molecule has 5 heteroatoms. The van der Waals surface area contributed by atoms with Gasteiger partial charge in [0.2, 0.25) is 0 Å². The van der Waals surface area contributed by atoms with Crippen LogP contribution in [0.15, 0.2) is 27.8 Å².